The first kappa shape index (κ1) is 13.8. The highest BCUT2D eigenvalue weighted by Gasteiger charge is 2.23. The molecule has 0 spiro atoms. The Hall–Kier alpha value is -1.62. The van der Waals surface area contributed by atoms with Crippen LogP contribution in [0.4, 0.5) is 4.39 Å². The smallest absolute Gasteiger partial charge is 0.255 e. The first-order valence-electron chi connectivity index (χ1n) is 6.45. The maximum absolute atomic E-state index is 13.1. The van der Waals surface area contributed by atoms with Crippen molar-refractivity contribution in [2.75, 3.05) is 13.2 Å². The van der Waals surface area contributed by atoms with Gasteiger partial charge in [-0.2, -0.15) is 0 Å². The molecule has 1 aliphatic heterocycles. The van der Waals surface area contributed by atoms with Crippen molar-refractivity contribution < 1.29 is 19.0 Å². The summed E-state index contributed by atoms with van der Waals surface area (Å²) in [6.45, 7) is 3.33. The standard InChI is InChI=1S/C14H18FNO3/c1-9(10-4-6-19-7-5-10)16-14(18)12-8-11(15)2-3-13(12)17/h2-3,8-10,17H,4-7H2,1H3,(H,16,18). The van der Waals surface area contributed by atoms with Gasteiger partial charge in [0, 0.05) is 19.3 Å². The molecule has 0 aliphatic carbocycles. The topological polar surface area (TPSA) is 58.6 Å². The van der Waals surface area contributed by atoms with E-state index in [-0.39, 0.29) is 17.4 Å². The molecule has 0 aromatic heterocycles. The van der Waals surface area contributed by atoms with E-state index in [1.54, 1.807) is 0 Å². The van der Waals surface area contributed by atoms with Gasteiger partial charge in [0.25, 0.3) is 5.91 Å². The third kappa shape index (κ3) is 3.44. The summed E-state index contributed by atoms with van der Waals surface area (Å²) in [6.07, 6.45) is 1.80. The molecule has 0 radical (unpaired) electrons. The summed E-state index contributed by atoms with van der Waals surface area (Å²) in [7, 11) is 0. The van der Waals surface area contributed by atoms with Crippen LogP contribution in [0.15, 0.2) is 18.2 Å². The van der Waals surface area contributed by atoms with Crippen LogP contribution in [0.5, 0.6) is 5.75 Å². The fraction of sp³-hybridized carbons (Fsp3) is 0.500. The lowest BCUT2D eigenvalue weighted by molar-refractivity contribution is 0.0538. The molecule has 104 valence electrons. The van der Waals surface area contributed by atoms with Crippen molar-refractivity contribution >= 4 is 5.91 Å². The quantitative estimate of drug-likeness (QED) is 0.881. The fourth-order valence-corrected chi connectivity index (χ4v) is 2.31. The van der Waals surface area contributed by atoms with Gasteiger partial charge in [0.2, 0.25) is 0 Å². The van der Waals surface area contributed by atoms with Crippen LogP contribution in [-0.2, 0) is 4.74 Å². The van der Waals surface area contributed by atoms with E-state index in [1.807, 2.05) is 6.92 Å². The Morgan fingerprint density at radius 1 is 1.47 bits per heavy atom. The number of hydrogen-bond donors (Lipinski definition) is 2. The zero-order chi connectivity index (χ0) is 13.8. The molecule has 2 N–H and O–H groups in total. The van der Waals surface area contributed by atoms with E-state index in [2.05, 4.69) is 5.32 Å². The number of aromatic hydroxyl groups is 1. The number of halogens is 1. The zero-order valence-electron chi connectivity index (χ0n) is 10.9. The van der Waals surface area contributed by atoms with E-state index in [0.29, 0.717) is 19.1 Å². The molecule has 1 saturated heterocycles. The van der Waals surface area contributed by atoms with Gasteiger partial charge in [-0.15, -0.1) is 0 Å². The molecule has 5 heteroatoms. The van der Waals surface area contributed by atoms with Crippen LogP contribution in [-0.4, -0.2) is 30.3 Å². The third-order valence-electron chi connectivity index (χ3n) is 3.54. The van der Waals surface area contributed by atoms with E-state index >= 15 is 0 Å². The van der Waals surface area contributed by atoms with Crippen molar-refractivity contribution in [2.24, 2.45) is 5.92 Å². The molecular formula is C14H18FNO3. The molecule has 1 fully saturated rings. The Bertz CT molecular complexity index is 458. The highest BCUT2D eigenvalue weighted by Crippen LogP contribution is 2.21. The Balaban J connectivity index is 2.01. The summed E-state index contributed by atoms with van der Waals surface area (Å²) in [5.74, 6) is -0.843. The molecule has 4 nitrogen and oxygen atoms in total. The second-order valence-electron chi connectivity index (χ2n) is 4.87. The van der Waals surface area contributed by atoms with Gasteiger partial charge in [-0.3, -0.25) is 4.79 Å². The van der Waals surface area contributed by atoms with Crippen molar-refractivity contribution in [3.63, 3.8) is 0 Å². The SMILES string of the molecule is CC(NC(=O)c1cc(F)ccc1O)C1CCOCC1. The second-order valence-corrected chi connectivity index (χ2v) is 4.87. The van der Waals surface area contributed by atoms with Gasteiger partial charge in [0.05, 0.1) is 5.56 Å². The summed E-state index contributed by atoms with van der Waals surface area (Å²) >= 11 is 0. The highest BCUT2D eigenvalue weighted by atomic mass is 19.1. The average Bonchev–Trinajstić information content (AvgIpc) is 2.42. The largest absolute Gasteiger partial charge is 0.507 e. The van der Waals surface area contributed by atoms with Gasteiger partial charge < -0.3 is 15.2 Å². The molecule has 0 saturated carbocycles. The minimum Gasteiger partial charge on any atom is -0.507 e. The Labute approximate surface area is 111 Å². The van der Waals surface area contributed by atoms with Crippen molar-refractivity contribution in [3.8, 4) is 5.75 Å². The van der Waals surface area contributed by atoms with Gasteiger partial charge in [-0.05, 0) is 43.9 Å². The molecule has 1 unspecified atom stereocenters. The van der Waals surface area contributed by atoms with E-state index in [0.717, 1.165) is 25.0 Å². The lowest BCUT2D eigenvalue weighted by atomic mass is 9.93. The number of phenolic OH excluding ortho intramolecular Hbond substituents is 1. The van der Waals surface area contributed by atoms with Crippen molar-refractivity contribution in [1.82, 2.24) is 5.32 Å². The molecule has 1 aliphatic rings. The molecule has 19 heavy (non-hydrogen) atoms. The number of phenols is 1. The van der Waals surface area contributed by atoms with Crippen molar-refractivity contribution in [1.29, 1.82) is 0 Å². The van der Waals surface area contributed by atoms with Gasteiger partial charge in [-0.1, -0.05) is 0 Å². The van der Waals surface area contributed by atoms with Gasteiger partial charge in [-0.25, -0.2) is 4.39 Å². The first-order chi connectivity index (χ1) is 9.08. The first-order valence-corrected chi connectivity index (χ1v) is 6.45. The third-order valence-corrected chi connectivity index (χ3v) is 3.54. The van der Waals surface area contributed by atoms with Gasteiger partial charge in [0.15, 0.2) is 0 Å². The van der Waals surface area contributed by atoms with Crippen LogP contribution >= 0.6 is 0 Å². The summed E-state index contributed by atoms with van der Waals surface area (Å²) < 4.78 is 18.4. The van der Waals surface area contributed by atoms with E-state index < -0.39 is 11.7 Å². The van der Waals surface area contributed by atoms with E-state index in [9.17, 15) is 14.3 Å². The normalized spacial score (nSPS) is 18.0. The number of ether oxygens (including phenoxy) is 1. The summed E-state index contributed by atoms with van der Waals surface area (Å²) in [6, 6.07) is 3.32. The summed E-state index contributed by atoms with van der Waals surface area (Å²) in [5.41, 5.74) is -0.0288. The molecule has 1 atom stereocenters. The zero-order valence-corrected chi connectivity index (χ0v) is 10.9. The number of hydrogen-bond acceptors (Lipinski definition) is 3. The monoisotopic (exact) mass is 267 g/mol. The second kappa shape index (κ2) is 6.02. The van der Waals surface area contributed by atoms with E-state index in [4.69, 9.17) is 4.74 Å². The van der Waals surface area contributed by atoms with E-state index in [1.165, 1.54) is 6.07 Å². The number of benzene rings is 1. The Morgan fingerprint density at radius 2 is 2.16 bits per heavy atom. The Kier molecular flexibility index (Phi) is 4.37. The average molecular weight is 267 g/mol. The number of nitrogens with one attached hydrogen (secondary N) is 1. The molecule has 1 amide bonds. The van der Waals surface area contributed by atoms with Crippen LogP contribution in [0.2, 0.25) is 0 Å². The van der Waals surface area contributed by atoms with Crippen LogP contribution in [0.25, 0.3) is 0 Å². The number of rotatable bonds is 3. The summed E-state index contributed by atoms with van der Waals surface area (Å²) in [4.78, 5) is 12.0. The molecule has 1 heterocycles. The number of carbonyl (C=O) groups is 1. The molecule has 2 rings (SSSR count). The molecule has 1 aromatic carbocycles. The predicted octanol–water partition coefficient (Wildman–Crippen LogP) is 2.08. The highest BCUT2D eigenvalue weighted by molar-refractivity contribution is 5.96. The van der Waals surface area contributed by atoms with Crippen LogP contribution in [0, 0.1) is 11.7 Å². The Morgan fingerprint density at radius 3 is 2.84 bits per heavy atom. The maximum Gasteiger partial charge on any atom is 0.255 e. The van der Waals surface area contributed by atoms with Crippen LogP contribution < -0.4 is 5.32 Å². The van der Waals surface area contributed by atoms with Crippen molar-refractivity contribution in [3.05, 3.63) is 29.6 Å². The fourth-order valence-electron chi connectivity index (χ4n) is 2.31. The number of carbonyl (C=O) groups excluding carboxylic acids is 1. The lowest BCUT2D eigenvalue weighted by Gasteiger charge is -2.28. The predicted molar refractivity (Wildman–Crippen MR) is 68.5 cm³/mol. The molecular weight excluding hydrogens is 249 g/mol. The minimum atomic E-state index is -0.540. The lowest BCUT2D eigenvalue weighted by Crippen LogP contribution is -2.40. The van der Waals surface area contributed by atoms with Crippen LogP contribution in [0.3, 0.4) is 0 Å². The van der Waals surface area contributed by atoms with Crippen LogP contribution in [0.1, 0.15) is 30.1 Å². The van der Waals surface area contributed by atoms with Gasteiger partial charge >= 0.3 is 0 Å². The van der Waals surface area contributed by atoms with Crippen molar-refractivity contribution in [2.45, 2.75) is 25.8 Å². The minimum absolute atomic E-state index is 0.0286. The molecule has 0 bridgehead atoms. The summed E-state index contributed by atoms with van der Waals surface area (Å²) in [5, 5.41) is 12.4. The maximum atomic E-state index is 13.1. The molecule has 1 aromatic rings. The number of amides is 1. The van der Waals surface area contributed by atoms with Gasteiger partial charge in [0.1, 0.15) is 11.6 Å².